The number of ether oxygens (including phenoxy) is 2. The van der Waals surface area contributed by atoms with Crippen molar-refractivity contribution in [1.29, 1.82) is 0 Å². The zero-order valence-corrected chi connectivity index (χ0v) is 21.1. The van der Waals surface area contributed by atoms with Gasteiger partial charge in [0.15, 0.2) is 5.96 Å². The molecule has 8 heteroatoms. The molecule has 1 aliphatic heterocycles. The molecule has 0 bridgehead atoms. The molecular formula is C23H34IN5O2. The molecule has 0 saturated carbocycles. The van der Waals surface area contributed by atoms with Crippen LogP contribution in [0.15, 0.2) is 47.6 Å². The van der Waals surface area contributed by atoms with Crippen LogP contribution in [-0.2, 0) is 11.3 Å². The van der Waals surface area contributed by atoms with Gasteiger partial charge < -0.3 is 25.0 Å². The van der Waals surface area contributed by atoms with Gasteiger partial charge >= 0.3 is 0 Å². The SMILES string of the molecule is CN=C(NCCOc1ccc(C)cc1)NCc1ccc(N2CC(C)OC(C)C2)nc1.I. The lowest BCUT2D eigenvalue weighted by Crippen LogP contribution is -2.45. The number of guanidine groups is 1. The molecule has 2 atom stereocenters. The monoisotopic (exact) mass is 539 g/mol. The summed E-state index contributed by atoms with van der Waals surface area (Å²) in [5, 5.41) is 6.58. The zero-order chi connectivity index (χ0) is 21.3. The zero-order valence-electron chi connectivity index (χ0n) is 18.8. The number of nitrogens with zero attached hydrogens (tertiary/aromatic N) is 3. The maximum atomic E-state index is 5.80. The van der Waals surface area contributed by atoms with Gasteiger partial charge in [-0.2, -0.15) is 0 Å². The van der Waals surface area contributed by atoms with Gasteiger partial charge in [-0.1, -0.05) is 23.8 Å². The van der Waals surface area contributed by atoms with E-state index in [4.69, 9.17) is 9.47 Å². The summed E-state index contributed by atoms with van der Waals surface area (Å²) in [5.74, 6) is 2.61. The second kappa shape index (κ2) is 12.7. The number of anilines is 1. The van der Waals surface area contributed by atoms with Crippen LogP contribution in [0.5, 0.6) is 5.75 Å². The fourth-order valence-electron chi connectivity index (χ4n) is 3.45. The van der Waals surface area contributed by atoms with Crippen molar-refractivity contribution in [3.05, 3.63) is 53.7 Å². The third kappa shape index (κ3) is 8.17. The Morgan fingerprint density at radius 1 is 1.13 bits per heavy atom. The largest absolute Gasteiger partial charge is 0.492 e. The van der Waals surface area contributed by atoms with E-state index in [9.17, 15) is 0 Å². The number of hydrogen-bond acceptors (Lipinski definition) is 5. The molecule has 1 fully saturated rings. The van der Waals surface area contributed by atoms with Crippen LogP contribution in [0.4, 0.5) is 5.82 Å². The minimum atomic E-state index is 0. The molecule has 3 rings (SSSR count). The Morgan fingerprint density at radius 3 is 2.45 bits per heavy atom. The number of aromatic nitrogens is 1. The van der Waals surface area contributed by atoms with Gasteiger partial charge in [0, 0.05) is 32.9 Å². The summed E-state index contributed by atoms with van der Waals surface area (Å²) in [4.78, 5) is 11.2. The van der Waals surface area contributed by atoms with Crippen molar-refractivity contribution in [2.24, 2.45) is 4.99 Å². The number of rotatable bonds is 7. The summed E-state index contributed by atoms with van der Waals surface area (Å²) >= 11 is 0. The Kier molecular flexibility index (Phi) is 10.3. The summed E-state index contributed by atoms with van der Waals surface area (Å²) in [6.07, 6.45) is 2.36. The van der Waals surface area contributed by atoms with Gasteiger partial charge in [-0.15, -0.1) is 24.0 Å². The Labute approximate surface area is 202 Å². The molecule has 2 aromatic rings. The van der Waals surface area contributed by atoms with E-state index in [1.54, 1.807) is 7.05 Å². The van der Waals surface area contributed by atoms with Crippen molar-refractivity contribution < 1.29 is 9.47 Å². The summed E-state index contributed by atoms with van der Waals surface area (Å²) in [7, 11) is 1.76. The number of pyridine rings is 1. The highest BCUT2D eigenvalue weighted by Crippen LogP contribution is 2.18. The molecule has 2 unspecified atom stereocenters. The van der Waals surface area contributed by atoms with Gasteiger partial charge in [0.05, 0.1) is 18.8 Å². The van der Waals surface area contributed by atoms with Crippen LogP contribution in [0.25, 0.3) is 0 Å². The van der Waals surface area contributed by atoms with Crippen LogP contribution in [0.1, 0.15) is 25.0 Å². The Hall–Kier alpha value is -2.07. The van der Waals surface area contributed by atoms with Crippen LogP contribution >= 0.6 is 24.0 Å². The van der Waals surface area contributed by atoms with Crippen molar-refractivity contribution in [3.8, 4) is 5.75 Å². The Bertz CT molecular complexity index is 804. The van der Waals surface area contributed by atoms with Crippen LogP contribution in [0.2, 0.25) is 0 Å². The highest BCUT2D eigenvalue weighted by molar-refractivity contribution is 14.0. The first kappa shape index (κ1) is 25.2. The third-order valence-electron chi connectivity index (χ3n) is 4.92. The van der Waals surface area contributed by atoms with Crippen molar-refractivity contribution in [2.75, 3.05) is 38.2 Å². The van der Waals surface area contributed by atoms with Gasteiger partial charge in [-0.3, -0.25) is 4.99 Å². The fourth-order valence-corrected chi connectivity index (χ4v) is 3.45. The molecule has 0 amide bonds. The smallest absolute Gasteiger partial charge is 0.191 e. The van der Waals surface area contributed by atoms with E-state index in [2.05, 4.69) is 58.4 Å². The molecule has 7 nitrogen and oxygen atoms in total. The molecule has 31 heavy (non-hydrogen) atoms. The number of aliphatic imine (C=N–C) groups is 1. The maximum absolute atomic E-state index is 5.80. The number of nitrogens with one attached hydrogen (secondary N) is 2. The molecule has 0 spiro atoms. The standard InChI is InChI=1S/C23H33N5O2.HI/c1-17-5-8-21(9-6-17)29-12-11-25-23(24-4)27-14-20-7-10-22(26-13-20)28-15-18(2)30-19(3)16-28;/h5-10,13,18-19H,11-12,14-16H2,1-4H3,(H2,24,25,27);1H. The lowest BCUT2D eigenvalue weighted by molar-refractivity contribution is -0.00545. The Morgan fingerprint density at radius 2 is 1.84 bits per heavy atom. The van der Waals surface area contributed by atoms with E-state index < -0.39 is 0 Å². The Balaban J connectivity index is 0.00000341. The van der Waals surface area contributed by atoms with Crippen molar-refractivity contribution >= 4 is 35.8 Å². The summed E-state index contributed by atoms with van der Waals surface area (Å²) in [6, 6.07) is 12.2. The van der Waals surface area contributed by atoms with E-state index in [0.29, 0.717) is 19.7 Å². The van der Waals surface area contributed by atoms with E-state index in [0.717, 1.165) is 36.2 Å². The van der Waals surface area contributed by atoms with E-state index >= 15 is 0 Å². The highest BCUT2D eigenvalue weighted by Gasteiger charge is 2.22. The molecule has 0 radical (unpaired) electrons. The van der Waals surface area contributed by atoms with Crippen LogP contribution in [0.3, 0.4) is 0 Å². The van der Waals surface area contributed by atoms with Crippen molar-refractivity contribution in [3.63, 3.8) is 0 Å². The summed E-state index contributed by atoms with van der Waals surface area (Å²) in [6.45, 7) is 9.90. The number of morpholine rings is 1. The fraction of sp³-hybridized carbons (Fsp3) is 0.478. The normalized spacial score (nSPS) is 18.8. The summed E-state index contributed by atoms with van der Waals surface area (Å²) in [5.41, 5.74) is 2.33. The molecule has 1 aliphatic rings. The van der Waals surface area contributed by atoms with Gasteiger partial charge in [0.2, 0.25) is 0 Å². The van der Waals surface area contributed by atoms with Crippen LogP contribution < -0.4 is 20.3 Å². The van der Waals surface area contributed by atoms with Gasteiger partial charge in [-0.25, -0.2) is 4.98 Å². The van der Waals surface area contributed by atoms with Gasteiger partial charge in [0.25, 0.3) is 0 Å². The second-order valence-electron chi connectivity index (χ2n) is 7.70. The molecule has 1 saturated heterocycles. The lowest BCUT2D eigenvalue weighted by Gasteiger charge is -2.36. The molecular weight excluding hydrogens is 505 g/mol. The molecule has 2 heterocycles. The van der Waals surface area contributed by atoms with Gasteiger partial charge in [0.1, 0.15) is 18.2 Å². The van der Waals surface area contributed by atoms with E-state index in [1.807, 2.05) is 30.5 Å². The predicted octanol–water partition coefficient (Wildman–Crippen LogP) is 3.37. The molecule has 0 aliphatic carbocycles. The second-order valence-corrected chi connectivity index (χ2v) is 7.70. The molecule has 170 valence electrons. The lowest BCUT2D eigenvalue weighted by atomic mass is 10.2. The van der Waals surface area contributed by atoms with Crippen LogP contribution in [0, 0.1) is 6.92 Å². The van der Waals surface area contributed by atoms with Crippen molar-refractivity contribution in [2.45, 2.75) is 39.5 Å². The average Bonchev–Trinajstić information content (AvgIpc) is 2.74. The molecule has 1 aromatic carbocycles. The van der Waals surface area contributed by atoms with Crippen molar-refractivity contribution in [1.82, 2.24) is 15.6 Å². The van der Waals surface area contributed by atoms with E-state index in [1.165, 1.54) is 5.56 Å². The third-order valence-corrected chi connectivity index (χ3v) is 4.92. The summed E-state index contributed by atoms with van der Waals surface area (Å²) < 4.78 is 11.5. The maximum Gasteiger partial charge on any atom is 0.191 e. The number of halogens is 1. The number of aryl methyl sites for hydroxylation is 1. The molecule has 1 aromatic heterocycles. The van der Waals surface area contributed by atoms with Gasteiger partial charge in [-0.05, 0) is 44.5 Å². The average molecular weight is 539 g/mol. The number of benzene rings is 1. The molecule has 2 N–H and O–H groups in total. The van der Waals surface area contributed by atoms with E-state index in [-0.39, 0.29) is 36.2 Å². The number of hydrogen-bond donors (Lipinski definition) is 2. The first-order chi connectivity index (χ1) is 14.5. The minimum absolute atomic E-state index is 0. The quantitative estimate of drug-likeness (QED) is 0.244. The highest BCUT2D eigenvalue weighted by atomic mass is 127. The topological polar surface area (TPSA) is 71.0 Å². The first-order valence-electron chi connectivity index (χ1n) is 10.5. The first-order valence-corrected chi connectivity index (χ1v) is 10.5. The van der Waals surface area contributed by atoms with Crippen LogP contribution in [-0.4, -0.2) is 56.4 Å². The predicted molar refractivity (Wildman–Crippen MR) is 137 cm³/mol. The minimum Gasteiger partial charge on any atom is -0.492 e.